The Kier molecular flexibility index (Phi) is 7.47. The molecule has 2 atom stereocenters. The number of nitrogens with zero attached hydrogens (tertiary/aromatic N) is 1. The second-order valence-electron chi connectivity index (χ2n) is 6.26. The van der Waals surface area contributed by atoms with E-state index in [0.717, 1.165) is 0 Å². The number of benzene rings is 1. The molecule has 1 aromatic carbocycles. The van der Waals surface area contributed by atoms with Gasteiger partial charge in [0.2, 0.25) is 5.91 Å². The fraction of sp³-hybridized carbons (Fsp3) is 0.500. The number of hydrogen-bond acceptors (Lipinski definition) is 5. The highest BCUT2D eigenvalue weighted by Gasteiger charge is 2.37. The molecule has 142 valence electrons. The van der Waals surface area contributed by atoms with Gasteiger partial charge in [0.15, 0.2) is 0 Å². The maximum atomic E-state index is 12.8. The Morgan fingerprint density at radius 1 is 1.31 bits per heavy atom. The fourth-order valence-corrected chi connectivity index (χ4v) is 3.75. The van der Waals surface area contributed by atoms with Crippen LogP contribution < -0.4 is 5.32 Å². The molecule has 0 aromatic heterocycles. The van der Waals surface area contributed by atoms with Crippen LogP contribution in [0.5, 0.6) is 0 Å². The van der Waals surface area contributed by atoms with Gasteiger partial charge in [-0.1, -0.05) is 19.1 Å². The fourth-order valence-electron chi connectivity index (χ4n) is 2.88. The van der Waals surface area contributed by atoms with Gasteiger partial charge in [-0.25, -0.2) is 0 Å². The zero-order chi connectivity index (χ0) is 19.1. The number of methoxy groups -OCH3 is 1. The lowest BCUT2D eigenvalue weighted by Gasteiger charge is -2.18. The highest BCUT2D eigenvalue weighted by Crippen LogP contribution is 2.28. The van der Waals surface area contributed by atoms with Crippen LogP contribution in [0.25, 0.3) is 0 Å². The van der Waals surface area contributed by atoms with Gasteiger partial charge in [-0.3, -0.25) is 14.4 Å². The minimum absolute atomic E-state index is 0.0807. The topological polar surface area (TPSA) is 95.9 Å². The molecule has 2 rings (SSSR count). The zero-order valence-corrected chi connectivity index (χ0v) is 15.8. The highest BCUT2D eigenvalue weighted by atomic mass is 32.2. The minimum atomic E-state index is -0.872. The number of likely N-dealkylation sites (tertiary alicyclic amines) is 1. The smallest absolute Gasteiger partial charge is 0.308 e. The number of carbonyl (C=O) groups is 3. The summed E-state index contributed by atoms with van der Waals surface area (Å²) in [6, 6.07) is 7.10. The van der Waals surface area contributed by atoms with E-state index in [-0.39, 0.29) is 30.0 Å². The van der Waals surface area contributed by atoms with Crippen molar-refractivity contribution in [2.24, 2.45) is 11.8 Å². The number of nitrogens with one attached hydrogen (secondary N) is 1. The Labute approximate surface area is 157 Å². The summed E-state index contributed by atoms with van der Waals surface area (Å²) in [7, 11) is 1.57. The van der Waals surface area contributed by atoms with Gasteiger partial charge in [-0.15, -0.1) is 11.8 Å². The number of hydrogen-bond donors (Lipinski definition) is 2. The van der Waals surface area contributed by atoms with Gasteiger partial charge in [-0.2, -0.15) is 0 Å². The molecular formula is C18H24N2O5S. The average Bonchev–Trinajstić information content (AvgIpc) is 3.02. The van der Waals surface area contributed by atoms with Crippen molar-refractivity contribution in [2.45, 2.75) is 11.8 Å². The summed E-state index contributed by atoms with van der Waals surface area (Å²) in [6.45, 7) is 3.37. The first-order valence-corrected chi connectivity index (χ1v) is 9.42. The molecule has 1 fully saturated rings. The lowest BCUT2D eigenvalue weighted by molar-refractivity contribution is -0.142. The molecule has 1 aliphatic heterocycles. The summed E-state index contributed by atoms with van der Waals surface area (Å²) < 4.78 is 4.88. The van der Waals surface area contributed by atoms with Gasteiger partial charge in [0.05, 0.1) is 23.8 Å². The maximum absolute atomic E-state index is 12.8. The van der Waals surface area contributed by atoms with E-state index in [1.165, 1.54) is 11.8 Å². The van der Waals surface area contributed by atoms with Gasteiger partial charge in [0, 0.05) is 31.6 Å². The molecular weight excluding hydrogens is 356 g/mol. The van der Waals surface area contributed by atoms with Crippen molar-refractivity contribution in [1.82, 2.24) is 10.2 Å². The zero-order valence-electron chi connectivity index (χ0n) is 14.9. The number of carbonyl (C=O) groups excluding carboxylic acids is 2. The second-order valence-corrected chi connectivity index (χ2v) is 7.28. The summed E-state index contributed by atoms with van der Waals surface area (Å²) in [5.74, 6) is -1.61. The number of amides is 2. The second kappa shape index (κ2) is 9.59. The summed E-state index contributed by atoms with van der Waals surface area (Å²) in [5, 5.41) is 12.0. The third-order valence-corrected chi connectivity index (χ3v) is 5.39. The van der Waals surface area contributed by atoms with Gasteiger partial charge < -0.3 is 20.1 Å². The third kappa shape index (κ3) is 5.22. The SMILES string of the molecule is COCCNC(=O)CSc1ccccc1C(=O)N1C[C@@H](C)[C@H](C(=O)O)C1. The van der Waals surface area contributed by atoms with Crippen molar-refractivity contribution in [1.29, 1.82) is 0 Å². The largest absolute Gasteiger partial charge is 0.481 e. The van der Waals surface area contributed by atoms with Gasteiger partial charge in [-0.05, 0) is 18.1 Å². The lowest BCUT2D eigenvalue weighted by atomic mass is 9.99. The van der Waals surface area contributed by atoms with E-state index >= 15 is 0 Å². The number of rotatable bonds is 8. The normalized spacial score (nSPS) is 19.4. The molecule has 1 aromatic rings. The van der Waals surface area contributed by atoms with E-state index in [9.17, 15) is 19.5 Å². The van der Waals surface area contributed by atoms with Crippen LogP contribution in [0.4, 0.5) is 0 Å². The molecule has 2 amide bonds. The van der Waals surface area contributed by atoms with E-state index in [0.29, 0.717) is 30.2 Å². The quantitative estimate of drug-likeness (QED) is 0.522. The van der Waals surface area contributed by atoms with Crippen molar-refractivity contribution in [2.75, 3.05) is 39.1 Å². The molecule has 0 bridgehead atoms. The Morgan fingerprint density at radius 2 is 2.04 bits per heavy atom. The van der Waals surface area contributed by atoms with Crippen LogP contribution >= 0.6 is 11.8 Å². The van der Waals surface area contributed by atoms with E-state index in [1.54, 1.807) is 30.2 Å². The van der Waals surface area contributed by atoms with Gasteiger partial charge in [0.25, 0.3) is 5.91 Å². The van der Waals surface area contributed by atoms with Gasteiger partial charge >= 0.3 is 5.97 Å². The first-order valence-electron chi connectivity index (χ1n) is 8.43. The van der Waals surface area contributed by atoms with Crippen LogP contribution in [0.2, 0.25) is 0 Å². The standard InChI is InChI=1S/C18H24N2O5S/c1-12-9-20(10-14(12)18(23)24)17(22)13-5-3-4-6-15(13)26-11-16(21)19-7-8-25-2/h3-6,12,14H,7-11H2,1-2H3,(H,19,21)(H,23,24)/t12-,14-/m1/s1. The molecule has 2 N–H and O–H groups in total. The number of aliphatic carboxylic acids is 1. The summed E-state index contributed by atoms with van der Waals surface area (Å²) in [4.78, 5) is 38.3. The molecule has 8 heteroatoms. The summed E-state index contributed by atoms with van der Waals surface area (Å²) >= 11 is 1.29. The predicted octanol–water partition coefficient (Wildman–Crippen LogP) is 1.33. The molecule has 1 saturated heterocycles. The molecule has 1 heterocycles. The molecule has 7 nitrogen and oxygen atoms in total. The minimum Gasteiger partial charge on any atom is -0.481 e. The molecule has 26 heavy (non-hydrogen) atoms. The molecule has 0 unspecified atom stereocenters. The van der Waals surface area contributed by atoms with Crippen LogP contribution in [0, 0.1) is 11.8 Å². The predicted molar refractivity (Wildman–Crippen MR) is 98.2 cm³/mol. The van der Waals surface area contributed by atoms with Crippen LogP contribution in [0.15, 0.2) is 29.2 Å². The van der Waals surface area contributed by atoms with Crippen LogP contribution in [0.3, 0.4) is 0 Å². The van der Waals surface area contributed by atoms with Crippen molar-refractivity contribution in [3.05, 3.63) is 29.8 Å². The first-order chi connectivity index (χ1) is 12.4. The highest BCUT2D eigenvalue weighted by molar-refractivity contribution is 8.00. The maximum Gasteiger partial charge on any atom is 0.308 e. The van der Waals surface area contributed by atoms with Crippen molar-refractivity contribution in [3.63, 3.8) is 0 Å². The van der Waals surface area contributed by atoms with Gasteiger partial charge in [0.1, 0.15) is 0 Å². The number of thioether (sulfide) groups is 1. The van der Waals surface area contributed by atoms with Crippen LogP contribution in [0.1, 0.15) is 17.3 Å². The van der Waals surface area contributed by atoms with Crippen molar-refractivity contribution < 1.29 is 24.2 Å². The lowest BCUT2D eigenvalue weighted by Crippen LogP contribution is -2.30. The van der Waals surface area contributed by atoms with E-state index in [1.807, 2.05) is 13.0 Å². The summed E-state index contributed by atoms with van der Waals surface area (Å²) in [6.07, 6.45) is 0. The molecule has 1 aliphatic rings. The monoisotopic (exact) mass is 380 g/mol. The van der Waals surface area contributed by atoms with Crippen LogP contribution in [-0.4, -0.2) is 66.9 Å². The third-order valence-electron chi connectivity index (χ3n) is 4.32. The molecule has 0 radical (unpaired) electrons. The van der Waals surface area contributed by atoms with E-state index in [2.05, 4.69) is 5.32 Å². The Morgan fingerprint density at radius 3 is 2.69 bits per heavy atom. The van der Waals surface area contributed by atoms with Crippen molar-refractivity contribution in [3.8, 4) is 0 Å². The molecule has 0 spiro atoms. The summed E-state index contributed by atoms with van der Waals surface area (Å²) in [5.41, 5.74) is 0.500. The van der Waals surface area contributed by atoms with Crippen LogP contribution in [-0.2, 0) is 14.3 Å². The Hall–Kier alpha value is -2.06. The van der Waals surface area contributed by atoms with E-state index in [4.69, 9.17) is 4.74 Å². The molecule has 0 aliphatic carbocycles. The molecule has 0 saturated carbocycles. The average molecular weight is 380 g/mol. The van der Waals surface area contributed by atoms with Crippen molar-refractivity contribution >= 4 is 29.5 Å². The van der Waals surface area contributed by atoms with E-state index < -0.39 is 11.9 Å². The first kappa shape index (κ1) is 20.3. The Balaban J connectivity index is 2.01. The Bertz CT molecular complexity index is 667. The number of ether oxygens (including phenoxy) is 1. The number of carboxylic acids is 1. The number of carboxylic acid groups (broad SMARTS) is 1.